The number of carbonyl (C=O) groups is 1. The molecule has 7 nitrogen and oxygen atoms in total. The van der Waals surface area contributed by atoms with Crippen LogP contribution in [0.4, 0.5) is 0 Å². The fraction of sp³-hybridized carbons (Fsp3) is 0.480. The summed E-state index contributed by atoms with van der Waals surface area (Å²) >= 11 is 6.45. The Morgan fingerprint density at radius 1 is 1.21 bits per heavy atom. The molecule has 1 fully saturated rings. The van der Waals surface area contributed by atoms with E-state index in [2.05, 4.69) is 29.6 Å². The van der Waals surface area contributed by atoms with Crippen molar-refractivity contribution in [3.63, 3.8) is 0 Å². The average Bonchev–Trinajstić information content (AvgIpc) is 3.16. The summed E-state index contributed by atoms with van der Waals surface area (Å²) in [6.45, 7) is 10.9. The minimum absolute atomic E-state index is 0.0607. The van der Waals surface area contributed by atoms with Crippen molar-refractivity contribution >= 4 is 36.6 Å². The van der Waals surface area contributed by atoms with Gasteiger partial charge in [0.15, 0.2) is 0 Å². The fourth-order valence-electron chi connectivity index (χ4n) is 4.04. The van der Waals surface area contributed by atoms with Gasteiger partial charge in [0.1, 0.15) is 12.4 Å². The van der Waals surface area contributed by atoms with Crippen LogP contribution in [-0.2, 0) is 11.5 Å². The van der Waals surface area contributed by atoms with Crippen molar-refractivity contribution in [3.8, 4) is 11.4 Å². The van der Waals surface area contributed by atoms with Crippen molar-refractivity contribution in [1.82, 2.24) is 19.4 Å². The van der Waals surface area contributed by atoms with Gasteiger partial charge in [-0.3, -0.25) is 14.3 Å². The Hall–Kier alpha value is -2.26. The molecule has 4 heterocycles. The first-order valence-electron chi connectivity index (χ1n) is 11.7. The van der Waals surface area contributed by atoms with Crippen LogP contribution in [0.5, 0.6) is 0 Å². The number of carbonyl (C=O) groups excluding carboxylic acids is 1. The molecule has 0 aliphatic carbocycles. The second-order valence-electron chi connectivity index (χ2n) is 10.6. The van der Waals surface area contributed by atoms with Gasteiger partial charge in [-0.15, -0.1) is 0 Å². The van der Waals surface area contributed by atoms with E-state index in [4.69, 9.17) is 16.3 Å². The lowest BCUT2D eigenvalue weighted by molar-refractivity contribution is -0.00203. The van der Waals surface area contributed by atoms with Crippen LogP contribution in [0.1, 0.15) is 30.1 Å². The van der Waals surface area contributed by atoms with Crippen LogP contribution in [0.3, 0.4) is 0 Å². The SMILES string of the molecule is CC1(O)CCN(C(=O)c2ccc(-c3cc4c(Cl)ccnc4n3COCC[Si](C)(C)C)nc2)CC1. The molecule has 0 spiro atoms. The van der Waals surface area contributed by atoms with Gasteiger partial charge in [-0.2, -0.15) is 0 Å². The maximum absolute atomic E-state index is 12.9. The Kier molecular flexibility index (Phi) is 7.14. The van der Waals surface area contributed by atoms with E-state index in [1.165, 1.54) is 0 Å². The van der Waals surface area contributed by atoms with Gasteiger partial charge < -0.3 is 14.7 Å². The minimum atomic E-state index is -1.19. The van der Waals surface area contributed by atoms with Crippen molar-refractivity contribution in [2.75, 3.05) is 19.7 Å². The highest BCUT2D eigenvalue weighted by molar-refractivity contribution is 6.76. The lowest BCUT2D eigenvalue weighted by atomic mass is 9.93. The molecule has 4 rings (SSSR count). The van der Waals surface area contributed by atoms with E-state index >= 15 is 0 Å². The van der Waals surface area contributed by atoms with Crippen LogP contribution >= 0.6 is 11.6 Å². The minimum Gasteiger partial charge on any atom is -0.390 e. The first-order chi connectivity index (χ1) is 16.0. The van der Waals surface area contributed by atoms with Crippen LogP contribution in [0, 0.1) is 0 Å². The fourth-order valence-corrected chi connectivity index (χ4v) is 4.99. The number of fused-ring (bicyclic) bond motifs is 1. The number of hydrogen-bond donors (Lipinski definition) is 1. The van der Waals surface area contributed by atoms with Crippen molar-refractivity contribution in [3.05, 3.63) is 47.2 Å². The zero-order chi connectivity index (χ0) is 24.5. The van der Waals surface area contributed by atoms with Crippen LogP contribution in [-0.4, -0.2) is 63.8 Å². The lowest BCUT2D eigenvalue weighted by Gasteiger charge is -2.35. The quantitative estimate of drug-likeness (QED) is 0.362. The molecular formula is C25H33ClN4O3Si. The van der Waals surface area contributed by atoms with Crippen LogP contribution in [0.2, 0.25) is 30.7 Å². The molecular weight excluding hydrogens is 468 g/mol. The molecule has 34 heavy (non-hydrogen) atoms. The van der Waals surface area contributed by atoms with Crippen LogP contribution < -0.4 is 0 Å². The Balaban J connectivity index is 1.56. The first-order valence-corrected chi connectivity index (χ1v) is 15.8. The summed E-state index contributed by atoms with van der Waals surface area (Å²) < 4.78 is 8.02. The van der Waals surface area contributed by atoms with Crippen molar-refractivity contribution in [2.45, 2.75) is 57.8 Å². The molecule has 3 aromatic rings. The van der Waals surface area contributed by atoms with Gasteiger partial charge >= 0.3 is 0 Å². The second kappa shape index (κ2) is 9.77. The van der Waals surface area contributed by atoms with Gasteiger partial charge in [-0.05, 0) is 50.1 Å². The monoisotopic (exact) mass is 500 g/mol. The van der Waals surface area contributed by atoms with E-state index in [9.17, 15) is 9.90 Å². The topological polar surface area (TPSA) is 80.5 Å². The number of ether oxygens (including phenoxy) is 1. The molecule has 0 radical (unpaired) electrons. The van der Waals surface area contributed by atoms with Crippen LogP contribution in [0.25, 0.3) is 22.4 Å². The maximum Gasteiger partial charge on any atom is 0.255 e. The van der Waals surface area contributed by atoms with Gasteiger partial charge in [0.05, 0.1) is 27.6 Å². The molecule has 0 unspecified atom stereocenters. The molecule has 9 heteroatoms. The lowest BCUT2D eigenvalue weighted by Crippen LogP contribution is -2.45. The maximum atomic E-state index is 12.9. The highest BCUT2D eigenvalue weighted by atomic mass is 35.5. The molecule has 0 saturated carbocycles. The van der Waals surface area contributed by atoms with Gasteiger partial charge in [0.2, 0.25) is 0 Å². The second-order valence-corrected chi connectivity index (χ2v) is 16.6. The number of nitrogens with zero attached hydrogens (tertiary/aromatic N) is 4. The predicted octanol–water partition coefficient (Wildman–Crippen LogP) is 5.05. The normalized spacial score (nSPS) is 16.2. The largest absolute Gasteiger partial charge is 0.390 e. The number of aliphatic hydroxyl groups is 1. The number of hydrogen-bond acceptors (Lipinski definition) is 5. The highest BCUT2D eigenvalue weighted by Gasteiger charge is 2.30. The Morgan fingerprint density at radius 3 is 2.59 bits per heavy atom. The highest BCUT2D eigenvalue weighted by Crippen LogP contribution is 2.31. The van der Waals surface area contributed by atoms with Gasteiger partial charge in [-0.25, -0.2) is 4.98 Å². The number of rotatable bonds is 7. The van der Waals surface area contributed by atoms with Gasteiger partial charge in [0, 0.05) is 45.6 Å². The van der Waals surface area contributed by atoms with E-state index in [-0.39, 0.29) is 5.91 Å². The third kappa shape index (κ3) is 5.68. The van der Waals surface area contributed by atoms with E-state index in [1.807, 2.05) is 23.6 Å². The van der Waals surface area contributed by atoms with Crippen molar-refractivity contribution < 1.29 is 14.6 Å². The standard InChI is InChI=1S/C25H33ClN4O3Si/c1-25(32)8-11-29(12-9-25)24(31)18-5-6-21(28-16-18)22-15-19-20(26)7-10-27-23(19)30(22)17-33-13-14-34(2,3)4/h5-7,10,15-16,32H,8-9,11-14,17H2,1-4H3. The van der Waals surface area contributed by atoms with Crippen molar-refractivity contribution in [1.29, 1.82) is 0 Å². The van der Waals surface area contributed by atoms with Gasteiger partial charge in [0.25, 0.3) is 5.91 Å². The molecule has 1 saturated heterocycles. The molecule has 182 valence electrons. The predicted molar refractivity (Wildman–Crippen MR) is 138 cm³/mol. The molecule has 0 bridgehead atoms. The average molecular weight is 501 g/mol. The number of aromatic nitrogens is 3. The zero-order valence-corrected chi connectivity index (χ0v) is 22.1. The summed E-state index contributed by atoms with van der Waals surface area (Å²) in [5, 5.41) is 11.6. The molecule has 1 N–H and O–H groups in total. The summed E-state index contributed by atoms with van der Waals surface area (Å²) in [5.41, 5.74) is 2.16. The molecule has 0 atom stereocenters. The van der Waals surface area contributed by atoms with Gasteiger partial charge in [-0.1, -0.05) is 31.2 Å². The molecule has 0 aromatic carbocycles. The van der Waals surface area contributed by atoms with E-state index < -0.39 is 13.7 Å². The van der Waals surface area contributed by atoms with Crippen LogP contribution in [0.15, 0.2) is 36.7 Å². The van der Waals surface area contributed by atoms with E-state index in [1.54, 1.807) is 29.4 Å². The number of halogens is 1. The summed E-state index contributed by atoms with van der Waals surface area (Å²) in [6, 6.07) is 8.49. The molecule has 3 aromatic heterocycles. The summed E-state index contributed by atoms with van der Waals surface area (Å²) in [6.07, 6.45) is 4.47. The summed E-state index contributed by atoms with van der Waals surface area (Å²) in [7, 11) is -1.19. The Morgan fingerprint density at radius 2 is 1.94 bits per heavy atom. The smallest absolute Gasteiger partial charge is 0.255 e. The molecule has 1 aliphatic heterocycles. The third-order valence-electron chi connectivity index (χ3n) is 6.36. The molecule has 1 amide bonds. The Bertz CT molecular complexity index is 1160. The Labute approximate surface area is 206 Å². The third-order valence-corrected chi connectivity index (χ3v) is 8.39. The summed E-state index contributed by atoms with van der Waals surface area (Å²) in [5.74, 6) is -0.0607. The van der Waals surface area contributed by atoms with E-state index in [0.29, 0.717) is 49.9 Å². The number of amides is 1. The number of pyridine rings is 2. The summed E-state index contributed by atoms with van der Waals surface area (Å²) in [4.78, 5) is 23.8. The zero-order valence-electron chi connectivity index (χ0n) is 20.3. The first kappa shape index (κ1) is 24.8. The number of likely N-dealkylation sites (tertiary alicyclic amines) is 1. The number of piperidine rings is 1. The molecule has 1 aliphatic rings. The van der Waals surface area contributed by atoms with E-state index in [0.717, 1.165) is 28.5 Å². The van der Waals surface area contributed by atoms with Crippen molar-refractivity contribution in [2.24, 2.45) is 0 Å².